The van der Waals surface area contributed by atoms with Crippen LogP contribution in [0.15, 0.2) is 42.5 Å². The van der Waals surface area contributed by atoms with Crippen LogP contribution in [0, 0.1) is 3.57 Å². The average molecular weight is 368 g/mol. The molecule has 1 aliphatic heterocycles. The van der Waals surface area contributed by atoms with E-state index in [1.807, 2.05) is 42.5 Å². The molecule has 0 amide bonds. The van der Waals surface area contributed by atoms with Crippen molar-refractivity contribution < 1.29 is 14.6 Å². The lowest BCUT2D eigenvalue weighted by Crippen LogP contribution is -2.15. The fourth-order valence-corrected chi connectivity index (χ4v) is 2.79. The Labute approximate surface area is 125 Å². The number of rotatable bonds is 2. The summed E-state index contributed by atoms with van der Waals surface area (Å²) in [5.41, 5.74) is 1.72. The zero-order chi connectivity index (χ0) is 13.2. The second-order valence-electron chi connectivity index (χ2n) is 4.33. The van der Waals surface area contributed by atoms with Gasteiger partial charge >= 0.3 is 0 Å². The molecular formula is C15H13IO3. The Hall–Kier alpha value is -1.27. The summed E-state index contributed by atoms with van der Waals surface area (Å²) in [5.74, 6) is 1.44. The lowest BCUT2D eigenvalue weighted by atomic mass is 10.0. The lowest BCUT2D eigenvalue weighted by Gasteiger charge is -2.20. The van der Waals surface area contributed by atoms with Crippen molar-refractivity contribution >= 4 is 22.6 Å². The predicted octanol–water partition coefficient (Wildman–Crippen LogP) is 3.14. The molecule has 0 bridgehead atoms. The Kier molecular flexibility index (Phi) is 3.61. The molecule has 1 heterocycles. The molecule has 0 saturated carbocycles. The number of halogens is 1. The number of hydrogen-bond acceptors (Lipinski definition) is 3. The highest BCUT2D eigenvalue weighted by molar-refractivity contribution is 14.1. The van der Waals surface area contributed by atoms with E-state index in [9.17, 15) is 5.11 Å². The Balaban J connectivity index is 1.96. The van der Waals surface area contributed by atoms with Gasteiger partial charge in [0.15, 0.2) is 11.5 Å². The first-order valence-electron chi connectivity index (χ1n) is 6.08. The van der Waals surface area contributed by atoms with Crippen molar-refractivity contribution in [1.29, 1.82) is 0 Å². The van der Waals surface area contributed by atoms with Gasteiger partial charge in [-0.15, -0.1) is 0 Å². The molecule has 98 valence electrons. The van der Waals surface area contributed by atoms with Crippen molar-refractivity contribution in [3.8, 4) is 11.5 Å². The lowest BCUT2D eigenvalue weighted by molar-refractivity contribution is 0.169. The Morgan fingerprint density at radius 3 is 2.53 bits per heavy atom. The van der Waals surface area contributed by atoms with Gasteiger partial charge in [-0.05, 0) is 51.9 Å². The molecule has 0 aliphatic carbocycles. The standard InChI is InChI=1S/C15H13IO3/c16-12-4-2-1-3-11(12)15(17)10-5-6-13-14(9-10)19-8-7-18-13/h1-6,9,15,17H,7-8H2. The smallest absolute Gasteiger partial charge is 0.161 e. The highest BCUT2D eigenvalue weighted by atomic mass is 127. The zero-order valence-electron chi connectivity index (χ0n) is 10.2. The van der Waals surface area contributed by atoms with E-state index in [-0.39, 0.29) is 0 Å². The van der Waals surface area contributed by atoms with E-state index in [1.165, 1.54) is 0 Å². The molecule has 0 saturated heterocycles. The van der Waals surface area contributed by atoms with E-state index in [0.29, 0.717) is 19.0 Å². The van der Waals surface area contributed by atoms with Crippen molar-refractivity contribution in [3.05, 3.63) is 57.2 Å². The summed E-state index contributed by atoms with van der Waals surface area (Å²) in [5, 5.41) is 10.5. The number of aliphatic hydroxyl groups excluding tert-OH is 1. The fraction of sp³-hybridized carbons (Fsp3) is 0.200. The van der Waals surface area contributed by atoms with Crippen molar-refractivity contribution in [3.63, 3.8) is 0 Å². The van der Waals surface area contributed by atoms with Crippen LogP contribution in [0.4, 0.5) is 0 Å². The third-order valence-corrected chi connectivity index (χ3v) is 4.06. The molecule has 1 aliphatic rings. The van der Waals surface area contributed by atoms with Crippen LogP contribution in [0.5, 0.6) is 11.5 Å². The number of fused-ring (bicyclic) bond motifs is 1. The zero-order valence-corrected chi connectivity index (χ0v) is 12.3. The van der Waals surface area contributed by atoms with E-state index in [4.69, 9.17) is 9.47 Å². The molecule has 4 heteroatoms. The average Bonchev–Trinajstić information content (AvgIpc) is 2.46. The Morgan fingerprint density at radius 1 is 1.00 bits per heavy atom. The summed E-state index contributed by atoms with van der Waals surface area (Å²) in [6.45, 7) is 1.13. The summed E-state index contributed by atoms with van der Waals surface area (Å²) >= 11 is 2.23. The minimum Gasteiger partial charge on any atom is -0.486 e. The molecule has 3 nitrogen and oxygen atoms in total. The number of benzene rings is 2. The van der Waals surface area contributed by atoms with Crippen molar-refractivity contribution in [2.24, 2.45) is 0 Å². The minimum atomic E-state index is -0.649. The number of aliphatic hydroxyl groups is 1. The van der Waals surface area contributed by atoms with Gasteiger partial charge in [-0.2, -0.15) is 0 Å². The van der Waals surface area contributed by atoms with E-state index < -0.39 is 6.10 Å². The summed E-state index contributed by atoms with van der Waals surface area (Å²) < 4.78 is 12.1. The molecule has 3 rings (SSSR count). The van der Waals surface area contributed by atoms with E-state index in [0.717, 1.165) is 20.4 Å². The van der Waals surface area contributed by atoms with Crippen LogP contribution < -0.4 is 9.47 Å². The molecule has 1 atom stereocenters. The number of hydrogen-bond donors (Lipinski definition) is 1. The molecule has 2 aromatic rings. The fourth-order valence-electron chi connectivity index (χ4n) is 2.11. The van der Waals surface area contributed by atoms with Gasteiger partial charge in [0.25, 0.3) is 0 Å². The van der Waals surface area contributed by atoms with Crippen LogP contribution in [-0.4, -0.2) is 18.3 Å². The van der Waals surface area contributed by atoms with Crippen LogP contribution in [-0.2, 0) is 0 Å². The van der Waals surface area contributed by atoms with Crippen LogP contribution in [0.3, 0.4) is 0 Å². The van der Waals surface area contributed by atoms with Gasteiger partial charge in [0.05, 0.1) is 0 Å². The van der Waals surface area contributed by atoms with E-state index >= 15 is 0 Å². The normalized spacial score (nSPS) is 15.1. The van der Waals surface area contributed by atoms with Crippen LogP contribution in [0.2, 0.25) is 0 Å². The van der Waals surface area contributed by atoms with Crippen LogP contribution in [0.1, 0.15) is 17.2 Å². The monoisotopic (exact) mass is 368 g/mol. The Bertz CT molecular complexity index is 598. The van der Waals surface area contributed by atoms with Gasteiger partial charge in [0, 0.05) is 3.57 Å². The highest BCUT2D eigenvalue weighted by Gasteiger charge is 2.17. The maximum absolute atomic E-state index is 10.5. The third kappa shape index (κ3) is 2.55. The van der Waals surface area contributed by atoms with E-state index in [2.05, 4.69) is 22.6 Å². The van der Waals surface area contributed by atoms with Crippen LogP contribution >= 0.6 is 22.6 Å². The molecule has 0 aromatic heterocycles. The van der Waals surface area contributed by atoms with Crippen molar-refractivity contribution in [2.45, 2.75) is 6.10 Å². The van der Waals surface area contributed by atoms with Crippen molar-refractivity contribution in [2.75, 3.05) is 13.2 Å². The summed E-state index contributed by atoms with van der Waals surface area (Å²) in [6, 6.07) is 13.4. The highest BCUT2D eigenvalue weighted by Crippen LogP contribution is 2.35. The summed E-state index contributed by atoms with van der Waals surface area (Å²) in [7, 11) is 0. The molecule has 0 spiro atoms. The molecule has 1 N–H and O–H groups in total. The first-order valence-corrected chi connectivity index (χ1v) is 7.15. The molecule has 0 fully saturated rings. The maximum Gasteiger partial charge on any atom is 0.161 e. The molecule has 0 radical (unpaired) electrons. The van der Waals surface area contributed by atoms with Gasteiger partial charge < -0.3 is 14.6 Å². The largest absolute Gasteiger partial charge is 0.486 e. The van der Waals surface area contributed by atoms with Gasteiger partial charge in [-0.1, -0.05) is 24.3 Å². The van der Waals surface area contributed by atoms with Gasteiger partial charge in [-0.3, -0.25) is 0 Å². The maximum atomic E-state index is 10.5. The van der Waals surface area contributed by atoms with Gasteiger partial charge in [0.1, 0.15) is 19.3 Å². The predicted molar refractivity (Wildman–Crippen MR) is 80.7 cm³/mol. The van der Waals surface area contributed by atoms with Gasteiger partial charge in [-0.25, -0.2) is 0 Å². The Morgan fingerprint density at radius 2 is 1.74 bits per heavy atom. The second-order valence-corrected chi connectivity index (χ2v) is 5.49. The first-order chi connectivity index (χ1) is 9.25. The molecule has 2 aromatic carbocycles. The van der Waals surface area contributed by atoms with Crippen molar-refractivity contribution in [1.82, 2.24) is 0 Å². The minimum absolute atomic E-state index is 0.551. The topological polar surface area (TPSA) is 38.7 Å². The van der Waals surface area contributed by atoms with Gasteiger partial charge in [0.2, 0.25) is 0 Å². The van der Waals surface area contributed by atoms with Crippen LogP contribution in [0.25, 0.3) is 0 Å². The SMILES string of the molecule is OC(c1ccc2c(c1)OCCO2)c1ccccc1I. The molecule has 1 unspecified atom stereocenters. The summed E-state index contributed by atoms with van der Waals surface area (Å²) in [6.07, 6.45) is -0.649. The number of ether oxygens (including phenoxy) is 2. The van der Waals surface area contributed by atoms with E-state index in [1.54, 1.807) is 0 Å². The first kappa shape index (κ1) is 12.7. The second kappa shape index (κ2) is 5.38. The summed E-state index contributed by atoms with van der Waals surface area (Å²) in [4.78, 5) is 0. The molecular weight excluding hydrogens is 355 g/mol. The quantitative estimate of drug-likeness (QED) is 0.828. The molecule has 19 heavy (non-hydrogen) atoms. The third-order valence-electron chi connectivity index (χ3n) is 3.08.